The maximum absolute atomic E-state index is 5.87. The zero-order valence-electron chi connectivity index (χ0n) is 10.5. The molecule has 0 radical (unpaired) electrons. The third kappa shape index (κ3) is 2.63. The van der Waals surface area contributed by atoms with Gasteiger partial charge in [-0.2, -0.15) is 0 Å². The molecule has 1 fully saturated rings. The molecule has 2 aromatic heterocycles. The lowest BCUT2D eigenvalue weighted by atomic mass is 10.2. The topological polar surface area (TPSA) is 29.3 Å². The maximum Gasteiger partial charge on any atom is 0.152 e. The summed E-state index contributed by atoms with van der Waals surface area (Å²) in [6.07, 6.45) is 2.44. The van der Waals surface area contributed by atoms with Gasteiger partial charge < -0.3 is 4.42 Å². The van der Waals surface area contributed by atoms with Crippen LogP contribution in [0.4, 0.5) is 0 Å². The molecular weight excluding hydrogens is 271 g/mol. The van der Waals surface area contributed by atoms with E-state index in [1.54, 1.807) is 0 Å². The Morgan fingerprint density at radius 3 is 2.78 bits per heavy atom. The van der Waals surface area contributed by atoms with Crippen LogP contribution < -0.4 is 0 Å². The van der Waals surface area contributed by atoms with E-state index in [2.05, 4.69) is 23.0 Å². The van der Waals surface area contributed by atoms with Gasteiger partial charge in [-0.1, -0.05) is 0 Å². The van der Waals surface area contributed by atoms with E-state index in [9.17, 15) is 0 Å². The molecule has 0 N–H and O–H groups in total. The van der Waals surface area contributed by atoms with Crippen LogP contribution in [0.25, 0.3) is 11.1 Å². The van der Waals surface area contributed by atoms with E-state index >= 15 is 0 Å². The van der Waals surface area contributed by atoms with Crippen molar-refractivity contribution in [3.05, 3.63) is 29.7 Å². The first-order chi connectivity index (χ1) is 7.74. The number of nitrogens with zero attached hydrogens (tertiary/aromatic N) is 2. The molecule has 5 heteroatoms. The van der Waals surface area contributed by atoms with E-state index in [1.807, 2.05) is 19.1 Å². The number of fused-ring (bicyclic) bond motifs is 1. The summed E-state index contributed by atoms with van der Waals surface area (Å²) >= 11 is 0. The number of pyridine rings is 1. The quantitative estimate of drug-likeness (QED) is 0.800. The summed E-state index contributed by atoms with van der Waals surface area (Å²) in [6, 6.07) is 6.54. The van der Waals surface area contributed by atoms with Crippen LogP contribution in [0.3, 0.4) is 0 Å². The van der Waals surface area contributed by atoms with Crippen LogP contribution in [-0.4, -0.2) is 23.5 Å². The van der Waals surface area contributed by atoms with Gasteiger partial charge in [-0.15, -0.1) is 24.8 Å². The molecule has 2 aromatic rings. The summed E-state index contributed by atoms with van der Waals surface area (Å²) in [7, 11) is 2.16. The van der Waals surface area contributed by atoms with Crippen molar-refractivity contribution in [1.29, 1.82) is 0 Å². The molecule has 3 rings (SSSR count). The third-order valence-corrected chi connectivity index (χ3v) is 3.38. The number of aromatic nitrogens is 1. The molecule has 1 saturated heterocycles. The van der Waals surface area contributed by atoms with Gasteiger partial charge in [-0.3, -0.25) is 4.90 Å². The van der Waals surface area contributed by atoms with E-state index in [1.165, 1.54) is 12.8 Å². The first-order valence-electron chi connectivity index (χ1n) is 5.81. The zero-order valence-corrected chi connectivity index (χ0v) is 12.2. The Morgan fingerprint density at radius 1 is 1.33 bits per heavy atom. The lowest BCUT2D eigenvalue weighted by Crippen LogP contribution is -2.16. The molecule has 0 aromatic carbocycles. The standard InChI is InChI=1S/C13H16N2O.2ClH/c1-9-5-6-12-10(14-9)8-13(16-12)11-4-3-7-15(11)2;;/h5-6,8,11H,3-4,7H2,1-2H3;2*1H/t11-;;/m1../s1. The molecule has 0 saturated carbocycles. The Kier molecular flexibility index (Phi) is 5.02. The highest BCUT2D eigenvalue weighted by molar-refractivity contribution is 5.85. The van der Waals surface area contributed by atoms with Crippen molar-refractivity contribution in [3.63, 3.8) is 0 Å². The predicted molar refractivity (Wildman–Crippen MR) is 77.8 cm³/mol. The average Bonchev–Trinajstić information content (AvgIpc) is 2.82. The highest BCUT2D eigenvalue weighted by Gasteiger charge is 2.25. The number of aryl methyl sites for hydroxylation is 1. The van der Waals surface area contributed by atoms with Gasteiger partial charge in [-0.05, 0) is 45.5 Å². The second-order valence-electron chi connectivity index (χ2n) is 4.62. The van der Waals surface area contributed by atoms with Crippen LogP contribution in [0.5, 0.6) is 0 Å². The number of furan rings is 1. The van der Waals surface area contributed by atoms with Crippen molar-refractivity contribution in [3.8, 4) is 0 Å². The number of halogens is 2. The lowest BCUT2D eigenvalue weighted by molar-refractivity contribution is 0.281. The maximum atomic E-state index is 5.87. The van der Waals surface area contributed by atoms with Crippen LogP contribution in [0, 0.1) is 6.92 Å². The summed E-state index contributed by atoms with van der Waals surface area (Å²) in [5, 5.41) is 0. The van der Waals surface area contributed by atoms with Gasteiger partial charge in [0.2, 0.25) is 0 Å². The summed E-state index contributed by atoms with van der Waals surface area (Å²) < 4.78 is 5.87. The minimum Gasteiger partial charge on any atom is -0.458 e. The number of hydrogen-bond acceptors (Lipinski definition) is 3. The van der Waals surface area contributed by atoms with Gasteiger partial charge in [-0.25, -0.2) is 4.98 Å². The first kappa shape index (κ1) is 15.3. The van der Waals surface area contributed by atoms with Crippen molar-refractivity contribution < 1.29 is 4.42 Å². The number of rotatable bonds is 1. The van der Waals surface area contributed by atoms with Gasteiger partial charge in [0.1, 0.15) is 11.3 Å². The van der Waals surface area contributed by atoms with Gasteiger partial charge in [0, 0.05) is 11.8 Å². The molecule has 3 heterocycles. The van der Waals surface area contributed by atoms with Crippen LogP contribution in [-0.2, 0) is 0 Å². The summed E-state index contributed by atoms with van der Waals surface area (Å²) in [4.78, 5) is 6.83. The van der Waals surface area contributed by atoms with E-state index < -0.39 is 0 Å². The van der Waals surface area contributed by atoms with Crippen molar-refractivity contribution in [2.45, 2.75) is 25.8 Å². The van der Waals surface area contributed by atoms with Gasteiger partial charge in [0.25, 0.3) is 0 Å². The van der Waals surface area contributed by atoms with Gasteiger partial charge in [0.15, 0.2) is 5.58 Å². The molecule has 0 unspecified atom stereocenters. The van der Waals surface area contributed by atoms with Crippen LogP contribution in [0.2, 0.25) is 0 Å². The molecule has 18 heavy (non-hydrogen) atoms. The van der Waals surface area contributed by atoms with Crippen LogP contribution in [0.1, 0.15) is 30.3 Å². The SMILES string of the molecule is Cc1ccc2oc([C@H]3CCCN3C)cc2n1.Cl.Cl. The summed E-state index contributed by atoms with van der Waals surface area (Å²) in [5.74, 6) is 1.06. The molecule has 1 atom stereocenters. The Morgan fingerprint density at radius 2 is 2.11 bits per heavy atom. The Labute approximate surface area is 119 Å². The second-order valence-corrected chi connectivity index (χ2v) is 4.62. The van der Waals surface area contributed by atoms with Crippen molar-refractivity contribution in [2.24, 2.45) is 0 Å². The highest BCUT2D eigenvalue weighted by Crippen LogP contribution is 2.33. The fraction of sp³-hybridized carbons (Fsp3) is 0.462. The van der Waals surface area contributed by atoms with E-state index in [0.717, 1.165) is 29.1 Å². The highest BCUT2D eigenvalue weighted by atomic mass is 35.5. The Bertz CT molecular complexity index is 527. The third-order valence-electron chi connectivity index (χ3n) is 3.38. The predicted octanol–water partition coefficient (Wildman–Crippen LogP) is 3.75. The molecule has 0 bridgehead atoms. The average molecular weight is 289 g/mol. The monoisotopic (exact) mass is 288 g/mol. The number of hydrogen-bond donors (Lipinski definition) is 0. The molecule has 0 aliphatic carbocycles. The normalized spacial score (nSPS) is 19.6. The largest absolute Gasteiger partial charge is 0.458 e. The lowest BCUT2D eigenvalue weighted by Gasteiger charge is -2.16. The molecular formula is C13H18Cl2N2O. The zero-order chi connectivity index (χ0) is 11.1. The van der Waals surface area contributed by atoms with Crippen LogP contribution in [0.15, 0.2) is 22.6 Å². The minimum absolute atomic E-state index is 0. The molecule has 1 aliphatic rings. The smallest absolute Gasteiger partial charge is 0.152 e. The molecule has 3 nitrogen and oxygen atoms in total. The number of likely N-dealkylation sites (tertiary alicyclic amines) is 1. The Balaban J connectivity index is 0.000000810. The van der Waals surface area contributed by atoms with Crippen molar-refractivity contribution >= 4 is 35.9 Å². The first-order valence-corrected chi connectivity index (χ1v) is 5.81. The van der Waals surface area contributed by atoms with Crippen LogP contribution >= 0.6 is 24.8 Å². The van der Waals surface area contributed by atoms with E-state index in [-0.39, 0.29) is 24.8 Å². The van der Waals surface area contributed by atoms with Crippen molar-refractivity contribution in [1.82, 2.24) is 9.88 Å². The van der Waals surface area contributed by atoms with E-state index in [0.29, 0.717) is 6.04 Å². The molecule has 0 amide bonds. The fourth-order valence-electron chi connectivity index (χ4n) is 2.48. The molecule has 100 valence electrons. The molecule has 1 aliphatic heterocycles. The Hall–Kier alpha value is -0.770. The van der Waals surface area contributed by atoms with Gasteiger partial charge in [0.05, 0.1) is 6.04 Å². The fourth-order valence-corrected chi connectivity index (χ4v) is 2.48. The molecule has 0 spiro atoms. The summed E-state index contributed by atoms with van der Waals surface area (Å²) in [6.45, 7) is 3.17. The van der Waals surface area contributed by atoms with Crippen molar-refractivity contribution in [2.75, 3.05) is 13.6 Å². The summed E-state index contributed by atoms with van der Waals surface area (Å²) in [5.41, 5.74) is 2.93. The van der Waals surface area contributed by atoms with Gasteiger partial charge >= 0.3 is 0 Å². The van der Waals surface area contributed by atoms with E-state index in [4.69, 9.17) is 4.42 Å². The second kappa shape index (κ2) is 5.91. The minimum atomic E-state index is 0.